The van der Waals surface area contributed by atoms with Gasteiger partial charge in [0, 0.05) is 54.6 Å². The lowest BCUT2D eigenvalue weighted by Crippen LogP contribution is -2.02. The van der Waals surface area contributed by atoms with E-state index in [1.165, 1.54) is 0 Å². The van der Waals surface area contributed by atoms with Gasteiger partial charge in [0.05, 0.1) is 10.8 Å². The van der Waals surface area contributed by atoms with E-state index < -0.39 is 28.7 Å². The van der Waals surface area contributed by atoms with Gasteiger partial charge < -0.3 is 69.3 Å². The van der Waals surface area contributed by atoms with E-state index in [4.69, 9.17) is 23.4 Å². The highest BCUT2D eigenvalue weighted by atomic mass is 16.6. The van der Waals surface area contributed by atoms with E-state index in [1.54, 1.807) is 0 Å². The molecule has 0 spiro atoms. The van der Waals surface area contributed by atoms with Crippen molar-refractivity contribution in [3.8, 4) is 97.7 Å². The van der Waals surface area contributed by atoms with Crippen molar-refractivity contribution >= 4 is 21.9 Å². The maximum atomic E-state index is 10.9. The number of furan rings is 1. The van der Waals surface area contributed by atoms with E-state index in [0.29, 0.717) is 0 Å². The van der Waals surface area contributed by atoms with Crippen LogP contribution in [0.15, 0.2) is 59.0 Å². The Morgan fingerprint density at radius 2 is 0.955 bits per heavy atom. The van der Waals surface area contributed by atoms with Crippen LogP contribution in [0, 0.1) is 0 Å². The number of hydrogen-bond acceptors (Lipinski definition) is 14. The van der Waals surface area contributed by atoms with Crippen LogP contribution in [0.3, 0.4) is 0 Å². The average Bonchev–Trinajstić information content (AvgIpc) is 3.34. The third-order valence-corrected chi connectivity index (χ3v) is 6.59. The Morgan fingerprint density at radius 1 is 0.409 bits per heavy atom. The van der Waals surface area contributed by atoms with Crippen LogP contribution in [0.1, 0.15) is 0 Å². The maximum Gasteiger partial charge on any atom is 0.220 e. The van der Waals surface area contributed by atoms with Crippen molar-refractivity contribution in [1.29, 1.82) is 0 Å². The normalized spacial score (nSPS) is 11.9. The monoisotopic (exact) mass is 602 g/mol. The molecule has 5 aromatic carbocycles. The summed E-state index contributed by atoms with van der Waals surface area (Å²) in [6.07, 6.45) is 0. The molecular weight excluding hydrogens is 584 g/mol. The standard InChI is InChI=1S/C30H18O14/c31-10-1-11(32)4-14(3-10)40-25-17(36)7-16(35)22-23-24(43-29(22)25)20(39)9-21-28(23)44-27-19(38)8-18(37)26(30(27)42-21)41-15-5-12(33)2-13(34)6-15/h1-9,31-39H. The second-order valence-electron chi connectivity index (χ2n) is 9.66. The predicted molar refractivity (Wildman–Crippen MR) is 148 cm³/mol. The highest BCUT2D eigenvalue weighted by Gasteiger charge is 2.34. The van der Waals surface area contributed by atoms with Crippen molar-refractivity contribution in [1.82, 2.24) is 0 Å². The Balaban J connectivity index is 1.40. The van der Waals surface area contributed by atoms with Crippen molar-refractivity contribution in [2.24, 2.45) is 0 Å². The lowest BCUT2D eigenvalue weighted by Gasteiger charge is -2.24. The zero-order valence-corrected chi connectivity index (χ0v) is 21.8. The van der Waals surface area contributed by atoms with Crippen LogP contribution in [0.2, 0.25) is 0 Å². The third-order valence-electron chi connectivity index (χ3n) is 6.59. The van der Waals surface area contributed by atoms with Gasteiger partial charge in [-0.2, -0.15) is 0 Å². The molecule has 7 rings (SSSR count). The van der Waals surface area contributed by atoms with Gasteiger partial charge in [0.15, 0.2) is 45.7 Å². The largest absolute Gasteiger partial charge is 0.508 e. The average molecular weight is 602 g/mol. The molecule has 0 atom stereocenters. The molecule has 0 fully saturated rings. The Kier molecular flexibility index (Phi) is 5.45. The summed E-state index contributed by atoms with van der Waals surface area (Å²) < 4.78 is 29.0. The highest BCUT2D eigenvalue weighted by Crippen LogP contribution is 2.62. The Bertz CT molecular complexity index is 2140. The quantitative estimate of drug-likeness (QED) is 0.106. The summed E-state index contributed by atoms with van der Waals surface area (Å²) >= 11 is 0. The lowest BCUT2D eigenvalue weighted by molar-refractivity contribution is 0.312. The van der Waals surface area contributed by atoms with E-state index in [0.717, 1.165) is 54.6 Å². The van der Waals surface area contributed by atoms with Crippen molar-refractivity contribution in [3.05, 3.63) is 54.6 Å². The summed E-state index contributed by atoms with van der Waals surface area (Å²) in [5, 5.41) is 92.7. The number of phenols is 9. The molecule has 0 bridgehead atoms. The first kappa shape index (κ1) is 26.2. The fourth-order valence-corrected chi connectivity index (χ4v) is 4.86. The fraction of sp³-hybridized carbons (Fsp3) is 0. The summed E-state index contributed by atoms with van der Waals surface area (Å²) in [7, 11) is 0. The van der Waals surface area contributed by atoms with Gasteiger partial charge in [-0.05, 0) is 0 Å². The number of phenolic OH excluding ortho intramolecular Hbond substituents is 9. The second kappa shape index (κ2) is 9.15. The molecule has 1 aromatic heterocycles. The van der Waals surface area contributed by atoms with Gasteiger partial charge in [-0.15, -0.1) is 0 Å². The molecule has 14 nitrogen and oxygen atoms in total. The van der Waals surface area contributed by atoms with Crippen LogP contribution in [-0.2, 0) is 0 Å². The Morgan fingerprint density at radius 3 is 1.57 bits per heavy atom. The topological polar surface area (TPSA) is 232 Å². The molecule has 0 aliphatic carbocycles. The Hall–Kier alpha value is -6.70. The lowest BCUT2D eigenvalue weighted by atomic mass is 10.1. The SMILES string of the molecule is Oc1cc(O)cc(Oc2c(O)cc(O)c3c2Oc2cc(O)c4oc5c(Oc6cc(O)cc(O)c6)c(O)cc(O)c5c4c2O3)c1. The van der Waals surface area contributed by atoms with Gasteiger partial charge in [0.1, 0.15) is 40.2 Å². The molecule has 0 amide bonds. The third kappa shape index (κ3) is 4.05. The van der Waals surface area contributed by atoms with Gasteiger partial charge in [-0.3, -0.25) is 0 Å². The summed E-state index contributed by atoms with van der Waals surface area (Å²) in [5.41, 5.74) is -0.527. The van der Waals surface area contributed by atoms with Crippen LogP contribution >= 0.6 is 0 Å². The molecule has 44 heavy (non-hydrogen) atoms. The summed E-state index contributed by atoms with van der Waals surface area (Å²) in [5.74, 6) is -6.27. The minimum atomic E-state index is -0.608. The Labute approximate surface area is 243 Å². The van der Waals surface area contributed by atoms with E-state index in [9.17, 15) is 46.0 Å². The first-order valence-corrected chi connectivity index (χ1v) is 12.5. The van der Waals surface area contributed by atoms with E-state index >= 15 is 0 Å². The summed E-state index contributed by atoms with van der Waals surface area (Å²) in [6.45, 7) is 0. The van der Waals surface area contributed by atoms with Gasteiger partial charge in [-0.1, -0.05) is 0 Å². The van der Waals surface area contributed by atoms with Gasteiger partial charge in [0.2, 0.25) is 23.0 Å². The van der Waals surface area contributed by atoms with Crippen LogP contribution in [0.25, 0.3) is 21.9 Å². The molecule has 1 aliphatic heterocycles. The molecule has 0 unspecified atom stereocenters. The summed E-state index contributed by atoms with van der Waals surface area (Å²) in [4.78, 5) is 0. The predicted octanol–water partition coefficient (Wildman–Crippen LogP) is 6.42. The highest BCUT2D eigenvalue weighted by molar-refractivity contribution is 6.16. The van der Waals surface area contributed by atoms with Crippen molar-refractivity contribution in [2.75, 3.05) is 0 Å². The maximum absolute atomic E-state index is 10.9. The van der Waals surface area contributed by atoms with Gasteiger partial charge in [0.25, 0.3) is 0 Å². The molecule has 1 aliphatic rings. The first-order chi connectivity index (χ1) is 21.0. The molecule has 0 radical (unpaired) electrons. The fourth-order valence-electron chi connectivity index (χ4n) is 4.86. The number of rotatable bonds is 4. The molecule has 0 saturated heterocycles. The number of benzene rings is 5. The van der Waals surface area contributed by atoms with Gasteiger partial charge >= 0.3 is 0 Å². The zero-order valence-electron chi connectivity index (χ0n) is 21.8. The molecule has 2 heterocycles. The van der Waals surface area contributed by atoms with Crippen molar-refractivity contribution < 1.29 is 69.3 Å². The first-order valence-electron chi connectivity index (χ1n) is 12.5. The molecule has 0 saturated carbocycles. The molecule has 222 valence electrons. The van der Waals surface area contributed by atoms with Crippen LogP contribution in [0.4, 0.5) is 0 Å². The molecular formula is C30H18O14. The van der Waals surface area contributed by atoms with Gasteiger partial charge in [-0.25, -0.2) is 0 Å². The minimum absolute atomic E-state index is 0.0744. The van der Waals surface area contributed by atoms with Crippen molar-refractivity contribution in [2.45, 2.75) is 0 Å². The minimum Gasteiger partial charge on any atom is -0.508 e. The number of aromatic hydroxyl groups is 9. The van der Waals surface area contributed by atoms with Crippen LogP contribution in [0.5, 0.6) is 97.7 Å². The molecule has 9 N–H and O–H groups in total. The van der Waals surface area contributed by atoms with E-state index in [-0.39, 0.29) is 90.9 Å². The zero-order chi connectivity index (χ0) is 31.0. The van der Waals surface area contributed by atoms with Crippen molar-refractivity contribution in [3.63, 3.8) is 0 Å². The van der Waals surface area contributed by atoms with Crippen LogP contribution < -0.4 is 18.9 Å². The van der Waals surface area contributed by atoms with Crippen LogP contribution in [-0.4, -0.2) is 46.0 Å². The number of ether oxygens (including phenoxy) is 4. The van der Waals surface area contributed by atoms with E-state index in [1.807, 2.05) is 0 Å². The summed E-state index contributed by atoms with van der Waals surface area (Å²) in [6, 6.07) is 9.57. The second-order valence-corrected chi connectivity index (χ2v) is 9.66. The smallest absolute Gasteiger partial charge is 0.220 e. The number of fused-ring (bicyclic) bond motifs is 6. The number of hydrogen-bond donors (Lipinski definition) is 9. The van der Waals surface area contributed by atoms with E-state index in [2.05, 4.69) is 0 Å². The molecule has 6 aromatic rings. The molecule has 14 heteroatoms.